The van der Waals surface area contributed by atoms with Crippen molar-refractivity contribution in [3.05, 3.63) is 28.2 Å². The van der Waals surface area contributed by atoms with Crippen molar-refractivity contribution >= 4 is 27.6 Å². The first-order chi connectivity index (χ1) is 10.2. The molecule has 21 heavy (non-hydrogen) atoms. The second-order valence-electron chi connectivity index (χ2n) is 5.59. The van der Waals surface area contributed by atoms with E-state index in [2.05, 4.69) is 39.4 Å². The van der Waals surface area contributed by atoms with Gasteiger partial charge in [-0.05, 0) is 50.3 Å². The maximum atomic E-state index is 11.2. The summed E-state index contributed by atoms with van der Waals surface area (Å²) in [6.07, 6.45) is 7.29. The number of aryl methyl sites for hydroxylation is 1. The van der Waals surface area contributed by atoms with E-state index in [1.165, 1.54) is 30.5 Å². The molecule has 0 saturated heterocycles. The molecular formula is C17H24BrNO2. The van der Waals surface area contributed by atoms with Crippen LogP contribution < -0.4 is 5.32 Å². The summed E-state index contributed by atoms with van der Waals surface area (Å²) < 4.78 is 6.06. The van der Waals surface area contributed by atoms with Gasteiger partial charge in [-0.3, -0.25) is 4.79 Å². The largest absolute Gasteiger partial charge is 0.466 e. The van der Waals surface area contributed by atoms with Gasteiger partial charge in [0.25, 0.3) is 0 Å². The number of esters is 1. The van der Waals surface area contributed by atoms with Crippen molar-refractivity contribution < 1.29 is 9.53 Å². The van der Waals surface area contributed by atoms with Crippen LogP contribution in [0.5, 0.6) is 0 Å². The number of halogens is 1. The summed E-state index contributed by atoms with van der Waals surface area (Å²) in [4.78, 5) is 11.2. The number of rotatable bonds is 7. The van der Waals surface area contributed by atoms with Crippen LogP contribution in [0.2, 0.25) is 0 Å². The first kappa shape index (κ1) is 16.3. The molecule has 1 aliphatic heterocycles. The van der Waals surface area contributed by atoms with Gasteiger partial charge in [0.15, 0.2) is 0 Å². The van der Waals surface area contributed by atoms with E-state index in [1.807, 2.05) is 6.92 Å². The van der Waals surface area contributed by atoms with Crippen molar-refractivity contribution in [2.75, 3.05) is 11.9 Å². The van der Waals surface area contributed by atoms with Crippen molar-refractivity contribution in [2.45, 2.75) is 57.9 Å². The third-order valence-electron chi connectivity index (χ3n) is 3.93. The van der Waals surface area contributed by atoms with Crippen LogP contribution in [0, 0.1) is 0 Å². The van der Waals surface area contributed by atoms with Crippen molar-refractivity contribution in [3.8, 4) is 0 Å². The number of unbranched alkanes of at least 4 members (excludes halogenated alkanes) is 2. The molecule has 1 aliphatic rings. The highest BCUT2D eigenvalue weighted by atomic mass is 79.9. The molecule has 1 aromatic rings. The number of carbonyl (C=O) groups is 1. The average Bonchev–Trinajstić information content (AvgIpc) is 2.46. The molecule has 3 nitrogen and oxygen atoms in total. The molecular weight excluding hydrogens is 330 g/mol. The molecule has 1 unspecified atom stereocenters. The van der Waals surface area contributed by atoms with Gasteiger partial charge in [0, 0.05) is 22.6 Å². The fourth-order valence-electron chi connectivity index (χ4n) is 2.81. The van der Waals surface area contributed by atoms with Crippen molar-refractivity contribution in [1.82, 2.24) is 0 Å². The van der Waals surface area contributed by atoms with E-state index in [9.17, 15) is 4.79 Å². The van der Waals surface area contributed by atoms with Gasteiger partial charge in [-0.25, -0.2) is 0 Å². The highest BCUT2D eigenvalue weighted by Gasteiger charge is 2.17. The number of benzene rings is 1. The molecule has 0 aliphatic carbocycles. The third kappa shape index (κ3) is 5.34. The van der Waals surface area contributed by atoms with Gasteiger partial charge < -0.3 is 10.1 Å². The summed E-state index contributed by atoms with van der Waals surface area (Å²) >= 11 is 3.53. The van der Waals surface area contributed by atoms with Gasteiger partial charge in [0.1, 0.15) is 0 Å². The fraction of sp³-hybridized carbons (Fsp3) is 0.588. The van der Waals surface area contributed by atoms with Gasteiger partial charge in [-0.1, -0.05) is 34.8 Å². The van der Waals surface area contributed by atoms with Crippen LogP contribution in [-0.4, -0.2) is 18.6 Å². The fourth-order valence-corrected chi connectivity index (χ4v) is 3.17. The number of ether oxygens (including phenoxy) is 1. The summed E-state index contributed by atoms with van der Waals surface area (Å²) in [6.45, 7) is 2.34. The minimum atomic E-state index is -0.0629. The Hall–Kier alpha value is -1.03. The molecule has 1 N–H and O–H groups in total. The monoisotopic (exact) mass is 353 g/mol. The smallest absolute Gasteiger partial charge is 0.305 e. The van der Waals surface area contributed by atoms with Gasteiger partial charge in [0.05, 0.1) is 6.61 Å². The number of fused-ring (bicyclic) bond motifs is 1. The summed E-state index contributed by atoms with van der Waals surface area (Å²) in [7, 11) is 0. The molecule has 4 heteroatoms. The first-order valence-corrected chi connectivity index (χ1v) is 8.69. The van der Waals surface area contributed by atoms with Gasteiger partial charge in [-0.15, -0.1) is 0 Å². The zero-order valence-corrected chi connectivity index (χ0v) is 14.2. The van der Waals surface area contributed by atoms with Crippen LogP contribution >= 0.6 is 15.9 Å². The number of nitrogens with one attached hydrogen (secondary N) is 1. The number of carbonyl (C=O) groups excluding carboxylic acids is 1. The van der Waals surface area contributed by atoms with Crippen LogP contribution in [0.3, 0.4) is 0 Å². The van der Waals surface area contributed by atoms with Gasteiger partial charge >= 0.3 is 5.97 Å². The molecule has 0 radical (unpaired) electrons. The SMILES string of the molecule is CCOC(=O)CCCCCC1CCc2ccc(Br)cc2N1. The van der Waals surface area contributed by atoms with Crippen LogP contribution in [-0.2, 0) is 16.0 Å². The maximum absolute atomic E-state index is 11.2. The lowest BCUT2D eigenvalue weighted by Gasteiger charge is -2.27. The zero-order valence-electron chi connectivity index (χ0n) is 12.7. The molecule has 1 heterocycles. The Kier molecular flexibility index (Phi) is 6.55. The molecule has 2 rings (SSSR count). The predicted octanol–water partition coefficient (Wildman–Crippen LogP) is 4.69. The molecule has 1 aromatic carbocycles. The Morgan fingerprint density at radius 1 is 1.38 bits per heavy atom. The number of hydrogen-bond donors (Lipinski definition) is 1. The van der Waals surface area contributed by atoms with E-state index < -0.39 is 0 Å². The van der Waals surface area contributed by atoms with E-state index in [1.54, 1.807) is 0 Å². The summed E-state index contributed by atoms with van der Waals surface area (Å²) in [5, 5.41) is 3.64. The van der Waals surface area contributed by atoms with Gasteiger partial charge in [-0.2, -0.15) is 0 Å². The Balaban J connectivity index is 1.65. The molecule has 116 valence electrons. The van der Waals surface area contributed by atoms with E-state index >= 15 is 0 Å². The lowest BCUT2D eigenvalue weighted by Crippen LogP contribution is -2.25. The summed E-state index contributed by atoms with van der Waals surface area (Å²) in [6, 6.07) is 7.04. The molecule has 0 bridgehead atoms. The highest BCUT2D eigenvalue weighted by molar-refractivity contribution is 9.10. The zero-order chi connectivity index (χ0) is 15.1. The van der Waals surface area contributed by atoms with Gasteiger partial charge in [0.2, 0.25) is 0 Å². The third-order valence-corrected chi connectivity index (χ3v) is 4.43. The van der Waals surface area contributed by atoms with E-state index in [4.69, 9.17) is 4.74 Å². The van der Waals surface area contributed by atoms with Crippen LogP contribution in [0.4, 0.5) is 5.69 Å². The molecule has 0 amide bonds. The van der Waals surface area contributed by atoms with Crippen LogP contribution in [0.25, 0.3) is 0 Å². The van der Waals surface area contributed by atoms with Crippen molar-refractivity contribution in [3.63, 3.8) is 0 Å². The lowest BCUT2D eigenvalue weighted by atomic mass is 9.94. The molecule has 0 spiro atoms. The topological polar surface area (TPSA) is 38.3 Å². The maximum Gasteiger partial charge on any atom is 0.305 e. The Morgan fingerprint density at radius 3 is 3.05 bits per heavy atom. The standard InChI is InChI=1S/C17H24BrNO2/c1-2-21-17(20)7-5-3-4-6-15-11-9-13-8-10-14(18)12-16(13)19-15/h8,10,12,15,19H,2-7,9,11H2,1H3. The summed E-state index contributed by atoms with van der Waals surface area (Å²) in [5.41, 5.74) is 2.68. The van der Waals surface area contributed by atoms with E-state index in [-0.39, 0.29) is 5.97 Å². The van der Waals surface area contributed by atoms with E-state index in [0.717, 1.165) is 23.7 Å². The molecule has 0 saturated carbocycles. The Bertz CT molecular complexity index is 476. The quantitative estimate of drug-likeness (QED) is 0.570. The second kappa shape index (κ2) is 8.42. The van der Waals surface area contributed by atoms with E-state index in [0.29, 0.717) is 19.1 Å². The Labute approximate surface area is 135 Å². The molecule has 1 atom stereocenters. The van der Waals surface area contributed by atoms with Crippen molar-refractivity contribution in [1.29, 1.82) is 0 Å². The number of anilines is 1. The predicted molar refractivity (Wildman–Crippen MR) is 89.6 cm³/mol. The minimum absolute atomic E-state index is 0.0629. The van der Waals surface area contributed by atoms with Crippen LogP contribution in [0.15, 0.2) is 22.7 Å². The number of hydrogen-bond acceptors (Lipinski definition) is 3. The van der Waals surface area contributed by atoms with Crippen molar-refractivity contribution in [2.24, 2.45) is 0 Å². The average molecular weight is 354 g/mol. The summed E-state index contributed by atoms with van der Waals surface area (Å²) in [5.74, 6) is -0.0629. The molecule has 0 aromatic heterocycles. The lowest BCUT2D eigenvalue weighted by molar-refractivity contribution is -0.143. The highest BCUT2D eigenvalue weighted by Crippen LogP contribution is 2.29. The second-order valence-corrected chi connectivity index (χ2v) is 6.50. The van der Waals surface area contributed by atoms with Crippen LogP contribution in [0.1, 0.15) is 51.0 Å². The Morgan fingerprint density at radius 2 is 2.24 bits per heavy atom. The minimum Gasteiger partial charge on any atom is -0.466 e. The normalized spacial score (nSPS) is 17.0. The first-order valence-electron chi connectivity index (χ1n) is 7.89. The molecule has 0 fully saturated rings.